The minimum absolute atomic E-state index is 0.162. The van der Waals surface area contributed by atoms with Gasteiger partial charge in [0, 0.05) is 25.1 Å². The van der Waals surface area contributed by atoms with Crippen LogP contribution in [-0.4, -0.2) is 40.9 Å². The monoisotopic (exact) mass is 406 g/mol. The van der Waals surface area contributed by atoms with Crippen LogP contribution in [0.3, 0.4) is 0 Å². The van der Waals surface area contributed by atoms with Gasteiger partial charge in [-0.05, 0) is 43.8 Å². The lowest BCUT2D eigenvalue weighted by molar-refractivity contribution is 0.0953. The Morgan fingerprint density at radius 2 is 2.07 bits per heavy atom. The second-order valence-electron chi connectivity index (χ2n) is 6.47. The van der Waals surface area contributed by atoms with Gasteiger partial charge in [0.25, 0.3) is 5.91 Å². The number of aromatic amines is 1. The smallest absolute Gasteiger partial charge is 0.251 e. The van der Waals surface area contributed by atoms with Crippen molar-refractivity contribution in [1.82, 2.24) is 20.1 Å². The summed E-state index contributed by atoms with van der Waals surface area (Å²) in [5, 5.41) is 9.89. The minimum Gasteiger partial charge on any atom is -0.493 e. The highest BCUT2D eigenvalue weighted by Gasteiger charge is 2.12. The summed E-state index contributed by atoms with van der Waals surface area (Å²) in [6.07, 6.45) is 5.17. The van der Waals surface area contributed by atoms with Crippen LogP contribution in [0.5, 0.6) is 11.5 Å². The van der Waals surface area contributed by atoms with Crippen LogP contribution in [0.15, 0.2) is 18.2 Å². The average molecular weight is 407 g/mol. The third-order valence-corrected chi connectivity index (χ3v) is 4.78. The quantitative estimate of drug-likeness (QED) is 0.413. The average Bonchev–Trinajstić information content (AvgIpc) is 3.07. The van der Waals surface area contributed by atoms with Crippen LogP contribution in [0.1, 0.15) is 55.7 Å². The largest absolute Gasteiger partial charge is 0.493 e. The van der Waals surface area contributed by atoms with Gasteiger partial charge in [-0.3, -0.25) is 9.89 Å². The predicted molar refractivity (Wildman–Crippen MR) is 112 cm³/mol. The lowest BCUT2D eigenvalue weighted by Crippen LogP contribution is -2.26. The molecule has 0 unspecified atom stereocenters. The first-order chi connectivity index (χ1) is 13.6. The van der Waals surface area contributed by atoms with Crippen LogP contribution >= 0.6 is 12.2 Å². The Labute approximate surface area is 171 Å². The van der Waals surface area contributed by atoms with E-state index in [4.69, 9.17) is 21.7 Å². The molecule has 0 aliphatic rings. The first-order valence-corrected chi connectivity index (χ1v) is 10.2. The topological polar surface area (TPSA) is 81.2 Å². The molecule has 0 fully saturated rings. The van der Waals surface area contributed by atoms with E-state index in [1.807, 2.05) is 11.5 Å². The van der Waals surface area contributed by atoms with Crippen molar-refractivity contribution >= 4 is 18.1 Å². The number of nitrogens with zero attached hydrogens (tertiary/aromatic N) is 2. The molecule has 2 aromatic rings. The van der Waals surface area contributed by atoms with Gasteiger partial charge >= 0.3 is 0 Å². The van der Waals surface area contributed by atoms with Gasteiger partial charge in [0.15, 0.2) is 16.3 Å². The molecule has 28 heavy (non-hydrogen) atoms. The highest BCUT2D eigenvalue weighted by Crippen LogP contribution is 2.28. The molecule has 0 saturated heterocycles. The Morgan fingerprint density at radius 1 is 1.25 bits per heavy atom. The van der Waals surface area contributed by atoms with Gasteiger partial charge in [0.05, 0.1) is 13.7 Å². The third-order valence-electron chi connectivity index (χ3n) is 4.47. The van der Waals surface area contributed by atoms with E-state index in [1.54, 1.807) is 25.3 Å². The Kier molecular flexibility index (Phi) is 9.00. The molecule has 8 heteroatoms. The number of hydrogen-bond donors (Lipinski definition) is 2. The van der Waals surface area contributed by atoms with E-state index in [1.165, 1.54) is 12.8 Å². The van der Waals surface area contributed by atoms with Gasteiger partial charge in [-0.15, -0.1) is 0 Å². The van der Waals surface area contributed by atoms with E-state index in [9.17, 15) is 4.79 Å². The first-order valence-electron chi connectivity index (χ1n) is 9.83. The van der Waals surface area contributed by atoms with Crippen molar-refractivity contribution in [3.63, 3.8) is 0 Å². The summed E-state index contributed by atoms with van der Waals surface area (Å²) in [5.41, 5.74) is 0.532. The second kappa shape index (κ2) is 11.5. The fourth-order valence-electron chi connectivity index (χ4n) is 2.90. The van der Waals surface area contributed by atoms with E-state index >= 15 is 0 Å². The van der Waals surface area contributed by atoms with Crippen LogP contribution in [-0.2, 0) is 13.0 Å². The molecular formula is C20H30N4O3S. The molecule has 1 heterocycles. The fourth-order valence-corrected chi connectivity index (χ4v) is 3.18. The molecule has 0 spiro atoms. The van der Waals surface area contributed by atoms with Crippen LogP contribution < -0.4 is 14.8 Å². The van der Waals surface area contributed by atoms with E-state index < -0.39 is 0 Å². The van der Waals surface area contributed by atoms with Gasteiger partial charge in [-0.1, -0.05) is 26.2 Å². The lowest BCUT2D eigenvalue weighted by Gasteiger charge is -2.12. The molecule has 0 aliphatic carbocycles. The molecule has 0 saturated carbocycles. The van der Waals surface area contributed by atoms with E-state index in [2.05, 4.69) is 22.4 Å². The summed E-state index contributed by atoms with van der Waals surface area (Å²) in [6, 6.07) is 5.25. The van der Waals surface area contributed by atoms with Crippen molar-refractivity contribution in [2.24, 2.45) is 0 Å². The van der Waals surface area contributed by atoms with E-state index in [0.29, 0.717) is 41.4 Å². The summed E-state index contributed by atoms with van der Waals surface area (Å²) in [6.45, 7) is 6.05. The predicted octanol–water partition coefficient (Wildman–Crippen LogP) is 3.90. The number of rotatable bonds is 12. The van der Waals surface area contributed by atoms with Gasteiger partial charge in [-0.2, -0.15) is 5.10 Å². The van der Waals surface area contributed by atoms with Crippen LogP contribution in [0.4, 0.5) is 0 Å². The van der Waals surface area contributed by atoms with Crippen LogP contribution in [0.2, 0.25) is 0 Å². The molecule has 154 valence electrons. The maximum Gasteiger partial charge on any atom is 0.251 e. The van der Waals surface area contributed by atoms with Crippen LogP contribution in [0.25, 0.3) is 0 Å². The van der Waals surface area contributed by atoms with Crippen molar-refractivity contribution in [2.75, 3.05) is 20.3 Å². The summed E-state index contributed by atoms with van der Waals surface area (Å²) in [7, 11) is 1.58. The Hall–Kier alpha value is -2.35. The highest BCUT2D eigenvalue weighted by atomic mass is 32.1. The summed E-state index contributed by atoms with van der Waals surface area (Å²) < 4.78 is 13.7. The van der Waals surface area contributed by atoms with Crippen LogP contribution in [0, 0.1) is 4.77 Å². The van der Waals surface area contributed by atoms with Crippen molar-refractivity contribution < 1.29 is 14.3 Å². The number of carbonyl (C=O) groups is 1. The number of unbranched alkanes of at least 4 members (excludes halogenated alkanes) is 3. The third kappa shape index (κ3) is 6.09. The Morgan fingerprint density at radius 3 is 2.79 bits per heavy atom. The fraction of sp³-hybridized carbons (Fsp3) is 0.550. The normalized spacial score (nSPS) is 10.7. The number of benzene rings is 1. The summed E-state index contributed by atoms with van der Waals surface area (Å²) in [4.78, 5) is 12.4. The molecule has 0 aliphatic heterocycles. The number of ether oxygens (including phenoxy) is 2. The number of H-pyrrole nitrogens is 1. The SMILES string of the molecule is CCCCCCOc1ccc(C(=O)NCCc2n[nH]c(=S)n2CC)cc1OC. The summed E-state index contributed by atoms with van der Waals surface area (Å²) in [5.74, 6) is 1.89. The number of aromatic nitrogens is 3. The van der Waals surface area contributed by atoms with Crippen molar-refractivity contribution in [1.29, 1.82) is 0 Å². The maximum absolute atomic E-state index is 12.4. The van der Waals surface area contributed by atoms with E-state index in [-0.39, 0.29) is 5.91 Å². The number of nitrogens with one attached hydrogen (secondary N) is 2. The number of hydrogen-bond acceptors (Lipinski definition) is 5. The number of methoxy groups -OCH3 is 1. The van der Waals surface area contributed by atoms with Gasteiger partial charge in [0.2, 0.25) is 0 Å². The first kappa shape index (κ1) is 21.9. The van der Waals surface area contributed by atoms with Crippen molar-refractivity contribution in [3.8, 4) is 11.5 Å². The minimum atomic E-state index is -0.162. The molecule has 0 bridgehead atoms. The lowest BCUT2D eigenvalue weighted by atomic mass is 10.2. The zero-order valence-electron chi connectivity index (χ0n) is 16.9. The van der Waals surface area contributed by atoms with Gasteiger partial charge < -0.3 is 19.4 Å². The van der Waals surface area contributed by atoms with Gasteiger partial charge in [-0.25, -0.2) is 0 Å². The van der Waals surface area contributed by atoms with Crippen molar-refractivity contribution in [2.45, 2.75) is 52.5 Å². The molecule has 1 aromatic carbocycles. The Bertz CT molecular complexity index is 816. The molecule has 1 aromatic heterocycles. The van der Waals surface area contributed by atoms with Gasteiger partial charge in [0.1, 0.15) is 5.82 Å². The summed E-state index contributed by atoms with van der Waals surface area (Å²) >= 11 is 5.17. The molecule has 2 N–H and O–H groups in total. The molecular weight excluding hydrogens is 376 g/mol. The molecule has 2 rings (SSSR count). The number of carbonyl (C=O) groups excluding carboxylic acids is 1. The molecule has 1 amide bonds. The standard InChI is InChI=1S/C20H30N4O3S/c1-4-6-7-8-13-27-16-10-9-15(14-17(16)26-3)19(25)21-12-11-18-22-23-20(28)24(18)5-2/h9-10,14H,4-8,11-13H2,1-3H3,(H,21,25)(H,23,28). The maximum atomic E-state index is 12.4. The molecule has 0 radical (unpaired) electrons. The Balaban J connectivity index is 1.89. The highest BCUT2D eigenvalue weighted by molar-refractivity contribution is 7.71. The second-order valence-corrected chi connectivity index (χ2v) is 6.86. The number of amides is 1. The zero-order valence-corrected chi connectivity index (χ0v) is 17.7. The molecule has 0 atom stereocenters. The van der Waals surface area contributed by atoms with Crippen molar-refractivity contribution in [3.05, 3.63) is 34.4 Å². The van der Waals surface area contributed by atoms with E-state index in [0.717, 1.165) is 25.2 Å². The molecule has 7 nitrogen and oxygen atoms in total. The zero-order chi connectivity index (χ0) is 20.4.